The molecule has 2 aromatic carbocycles. The molecule has 8 heteroatoms. The molecule has 0 aromatic heterocycles. The fourth-order valence-electron chi connectivity index (χ4n) is 2.08. The van der Waals surface area contributed by atoms with Crippen molar-refractivity contribution in [2.24, 2.45) is 5.10 Å². The van der Waals surface area contributed by atoms with Gasteiger partial charge in [0, 0.05) is 11.3 Å². The minimum atomic E-state index is -0.933. The zero-order valence-corrected chi connectivity index (χ0v) is 14.9. The fourth-order valence-corrected chi connectivity index (χ4v) is 2.08. The van der Waals surface area contributed by atoms with Crippen LogP contribution in [-0.2, 0) is 14.3 Å². The Kier molecular flexibility index (Phi) is 7.07. The van der Waals surface area contributed by atoms with Gasteiger partial charge < -0.3 is 14.8 Å². The standard InChI is InChI=1S/C19H19N3O5/c1-3-27-16-7-5-4-6-14(16)12-20-22-18(24)17(23)21-15-10-8-13(9-11-15)19(25)26-2/h4-12H,3H2,1-2H3,(H,21,23)(H,22,24)/b20-12+. The van der Waals surface area contributed by atoms with Crippen LogP contribution in [0.2, 0.25) is 0 Å². The van der Waals surface area contributed by atoms with Gasteiger partial charge in [0.15, 0.2) is 0 Å². The number of carbonyl (C=O) groups excluding carboxylic acids is 3. The summed E-state index contributed by atoms with van der Waals surface area (Å²) in [5.41, 5.74) is 3.50. The maximum atomic E-state index is 11.9. The zero-order valence-electron chi connectivity index (χ0n) is 14.9. The maximum absolute atomic E-state index is 11.9. The number of rotatable bonds is 6. The van der Waals surface area contributed by atoms with Crippen molar-refractivity contribution in [2.75, 3.05) is 19.0 Å². The van der Waals surface area contributed by atoms with Gasteiger partial charge in [-0.1, -0.05) is 12.1 Å². The van der Waals surface area contributed by atoms with Gasteiger partial charge in [-0.2, -0.15) is 5.10 Å². The number of ether oxygens (including phenoxy) is 2. The lowest BCUT2D eigenvalue weighted by atomic mass is 10.2. The molecule has 2 amide bonds. The van der Waals surface area contributed by atoms with E-state index in [2.05, 4.69) is 20.6 Å². The molecule has 2 aromatic rings. The van der Waals surface area contributed by atoms with Gasteiger partial charge >= 0.3 is 17.8 Å². The Bertz CT molecular complexity index is 847. The van der Waals surface area contributed by atoms with E-state index in [4.69, 9.17) is 4.74 Å². The Labute approximate surface area is 156 Å². The smallest absolute Gasteiger partial charge is 0.337 e. The molecular formula is C19H19N3O5. The number of nitrogens with one attached hydrogen (secondary N) is 2. The van der Waals surface area contributed by atoms with Crippen molar-refractivity contribution in [1.29, 1.82) is 0 Å². The summed E-state index contributed by atoms with van der Waals surface area (Å²) in [6.45, 7) is 2.35. The summed E-state index contributed by atoms with van der Waals surface area (Å²) < 4.78 is 10.0. The highest BCUT2D eigenvalue weighted by molar-refractivity contribution is 6.39. The fraction of sp³-hybridized carbons (Fsp3) is 0.158. The third-order valence-electron chi connectivity index (χ3n) is 3.36. The highest BCUT2D eigenvalue weighted by atomic mass is 16.5. The van der Waals surface area contributed by atoms with Gasteiger partial charge in [0.2, 0.25) is 0 Å². The summed E-state index contributed by atoms with van der Waals surface area (Å²) in [5, 5.41) is 6.17. The van der Waals surface area contributed by atoms with Gasteiger partial charge in [-0.15, -0.1) is 0 Å². The van der Waals surface area contributed by atoms with Crippen molar-refractivity contribution in [2.45, 2.75) is 6.92 Å². The normalized spacial score (nSPS) is 10.3. The van der Waals surface area contributed by atoms with Crippen LogP contribution in [0.4, 0.5) is 5.69 Å². The highest BCUT2D eigenvalue weighted by Gasteiger charge is 2.13. The van der Waals surface area contributed by atoms with E-state index >= 15 is 0 Å². The van der Waals surface area contributed by atoms with Crippen LogP contribution in [-0.4, -0.2) is 37.7 Å². The van der Waals surface area contributed by atoms with Gasteiger partial charge in [0.05, 0.1) is 25.5 Å². The largest absolute Gasteiger partial charge is 0.493 e. The van der Waals surface area contributed by atoms with E-state index in [-0.39, 0.29) is 0 Å². The second-order valence-corrected chi connectivity index (χ2v) is 5.19. The molecule has 0 saturated heterocycles. The topological polar surface area (TPSA) is 106 Å². The number of hydrogen-bond donors (Lipinski definition) is 2. The first kappa shape index (κ1) is 19.6. The lowest BCUT2D eigenvalue weighted by Gasteiger charge is -2.06. The zero-order chi connectivity index (χ0) is 19.6. The molecule has 0 unspecified atom stereocenters. The van der Waals surface area contributed by atoms with Crippen molar-refractivity contribution < 1.29 is 23.9 Å². The van der Waals surface area contributed by atoms with Crippen LogP contribution in [0.1, 0.15) is 22.8 Å². The highest BCUT2D eigenvalue weighted by Crippen LogP contribution is 2.15. The van der Waals surface area contributed by atoms with Gasteiger partial charge in [0.1, 0.15) is 5.75 Å². The third-order valence-corrected chi connectivity index (χ3v) is 3.36. The molecule has 0 saturated carbocycles. The number of benzene rings is 2. The monoisotopic (exact) mass is 369 g/mol. The maximum Gasteiger partial charge on any atom is 0.337 e. The lowest BCUT2D eigenvalue weighted by molar-refractivity contribution is -0.136. The van der Waals surface area contributed by atoms with E-state index in [0.717, 1.165) is 0 Å². The second kappa shape index (κ2) is 9.71. The minimum Gasteiger partial charge on any atom is -0.493 e. The van der Waals surface area contributed by atoms with Crippen LogP contribution in [0, 0.1) is 0 Å². The number of hydrogen-bond acceptors (Lipinski definition) is 6. The second-order valence-electron chi connectivity index (χ2n) is 5.19. The van der Waals surface area contributed by atoms with Crippen molar-refractivity contribution in [3.8, 4) is 5.75 Å². The number of methoxy groups -OCH3 is 1. The summed E-state index contributed by atoms with van der Waals surface area (Å²) in [6, 6.07) is 13.1. The average Bonchev–Trinajstić information content (AvgIpc) is 2.69. The van der Waals surface area contributed by atoms with Crippen LogP contribution >= 0.6 is 0 Å². The van der Waals surface area contributed by atoms with E-state index in [1.165, 1.54) is 37.6 Å². The Morgan fingerprint density at radius 3 is 2.41 bits per heavy atom. The van der Waals surface area contributed by atoms with Gasteiger partial charge in [-0.3, -0.25) is 9.59 Å². The Morgan fingerprint density at radius 2 is 1.74 bits per heavy atom. The van der Waals surface area contributed by atoms with Crippen molar-refractivity contribution in [1.82, 2.24) is 5.43 Å². The molecule has 0 aliphatic carbocycles. The molecule has 140 valence electrons. The Morgan fingerprint density at radius 1 is 1.04 bits per heavy atom. The third kappa shape index (κ3) is 5.67. The molecule has 2 N–H and O–H groups in total. The Hall–Kier alpha value is -3.68. The molecule has 8 nitrogen and oxygen atoms in total. The number of anilines is 1. The number of amides is 2. The van der Waals surface area contributed by atoms with Gasteiger partial charge in [-0.25, -0.2) is 10.2 Å². The summed E-state index contributed by atoms with van der Waals surface area (Å²) in [5.74, 6) is -1.70. The first-order valence-electron chi connectivity index (χ1n) is 8.09. The molecule has 0 fully saturated rings. The first-order chi connectivity index (χ1) is 13.0. The molecule has 0 aliphatic heterocycles. The van der Waals surface area contributed by atoms with E-state index in [0.29, 0.717) is 29.2 Å². The quantitative estimate of drug-likeness (QED) is 0.350. The molecule has 2 rings (SSSR count). The predicted octanol–water partition coefficient (Wildman–Crippen LogP) is 1.96. The summed E-state index contributed by atoms with van der Waals surface area (Å²) in [6.07, 6.45) is 1.39. The Balaban J connectivity index is 1.92. The van der Waals surface area contributed by atoms with Crippen LogP contribution in [0.5, 0.6) is 5.75 Å². The number of carbonyl (C=O) groups is 3. The average molecular weight is 369 g/mol. The molecule has 0 heterocycles. The summed E-state index contributed by atoms with van der Waals surface area (Å²) >= 11 is 0. The molecule has 0 spiro atoms. The number of esters is 1. The molecule has 0 bridgehead atoms. The summed E-state index contributed by atoms with van der Waals surface area (Å²) in [7, 11) is 1.27. The van der Waals surface area contributed by atoms with Crippen LogP contribution in [0.15, 0.2) is 53.6 Å². The predicted molar refractivity (Wildman–Crippen MR) is 99.8 cm³/mol. The van der Waals surface area contributed by atoms with Crippen LogP contribution < -0.4 is 15.5 Å². The minimum absolute atomic E-state index is 0.331. The lowest BCUT2D eigenvalue weighted by Crippen LogP contribution is -2.32. The number of para-hydroxylation sites is 1. The van der Waals surface area contributed by atoms with E-state index in [1.807, 2.05) is 13.0 Å². The van der Waals surface area contributed by atoms with Crippen molar-refractivity contribution in [3.05, 3.63) is 59.7 Å². The molecule has 0 atom stereocenters. The van der Waals surface area contributed by atoms with Crippen LogP contribution in [0.25, 0.3) is 0 Å². The number of nitrogens with zero attached hydrogens (tertiary/aromatic N) is 1. The van der Waals surface area contributed by atoms with E-state index in [9.17, 15) is 14.4 Å². The summed E-state index contributed by atoms with van der Waals surface area (Å²) in [4.78, 5) is 35.1. The van der Waals surface area contributed by atoms with Crippen molar-refractivity contribution in [3.63, 3.8) is 0 Å². The van der Waals surface area contributed by atoms with Gasteiger partial charge in [-0.05, 0) is 43.3 Å². The molecule has 0 aliphatic rings. The van der Waals surface area contributed by atoms with Gasteiger partial charge in [0.25, 0.3) is 0 Å². The first-order valence-corrected chi connectivity index (χ1v) is 8.09. The SMILES string of the molecule is CCOc1ccccc1/C=N/NC(=O)C(=O)Nc1ccc(C(=O)OC)cc1. The molecule has 0 radical (unpaired) electrons. The van der Waals surface area contributed by atoms with Crippen molar-refractivity contribution >= 4 is 29.7 Å². The number of hydrazone groups is 1. The molecule has 27 heavy (non-hydrogen) atoms. The van der Waals surface area contributed by atoms with E-state index < -0.39 is 17.8 Å². The molecular weight excluding hydrogens is 350 g/mol. The van der Waals surface area contributed by atoms with Crippen LogP contribution in [0.3, 0.4) is 0 Å². The van der Waals surface area contributed by atoms with E-state index in [1.54, 1.807) is 18.2 Å².